The van der Waals surface area contributed by atoms with Gasteiger partial charge in [-0.1, -0.05) is 12.1 Å². The Bertz CT molecular complexity index is 560. The number of nitriles is 1. The topological polar surface area (TPSA) is 57.9 Å². The van der Waals surface area contributed by atoms with Crippen LogP contribution in [0.3, 0.4) is 0 Å². The van der Waals surface area contributed by atoms with Crippen molar-refractivity contribution in [3.63, 3.8) is 0 Å². The highest BCUT2D eigenvalue weighted by Crippen LogP contribution is 2.30. The van der Waals surface area contributed by atoms with Crippen LogP contribution in [0, 0.1) is 11.3 Å². The highest BCUT2D eigenvalue weighted by atomic mass is 35.5. The predicted octanol–water partition coefficient (Wildman–Crippen LogP) is 2.83. The van der Waals surface area contributed by atoms with E-state index in [0.29, 0.717) is 5.56 Å². The Morgan fingerprint density at radius 3 is 2.11 bits per heavy atom. The Labute approximate surface area is 107 Å². The number of hydrogen-bond acceptors (Lipinski definition) is 3. The number of sulfone groups is 1. The Morgan fingerprint density at radius 1 is 1.28 bits per heavy atom. The summed E-state index contributed by atoms with van der Waals surface area (Å²) in [6.45, 7) is 0. The van der Waals surface area contributed by atoms with Crippen LogP contribution in [0.1, 0.15) is 11.5 Å². The minimum absolute atomic E-state index is 0.0259. The Morgan fingerprint density at radius 2 is 1.78 bits per heavy atom. The van der Waals surface area contributed by atoms with Gasteiger partial charge in [-0.2, -0.15) is 18.4 Å². The molecule has 0 saturated carbocycles. The van der Waals surface area contributed by atoms with Gasteiger partial charge in [0, 0.05) is 5.88 Å². The molecule has 0 aromatic heterocycles. The third kappa shape index (κ3) is 2.76. The summed E-state index contributed by atoms with van der Waals surface area (Å²) in [6.07, 6.45) is 0. The number of halogens is 4. The molecule has 0 aliphatic carbocycles. The molecule has 8 heteroatoms. The lowest BCUT2D eigenvalue weighted by molar-refractivity contribution is -0.0436. The fraction of sp³-hybridized carbons (Fsp3) is 0.300. The molecule has 0 aliphatic rings. The van der Waals surface area contributed by atoms with Gasteiger partial charge < -0.3 is 0 Å². The number of alkyl halides is 4. The maximum absolute atomic E-state index is 12.2. The van der Waals surface area contributed by atoms with E-state index >= 15 is 0 Å². The van der Waals surface area contributed by atoms with Crippen LogP contribution in [0.2, 0.25) is 0 Å². The van der Waals surface area contributed by atoms with Crippen molar-refractivity contribution in [2.24, 2.45) is 0 Å². The fourth-order valence-corrected chi connectivity index (χ4v) is 2.22. The van der Waals surface area contributed by atoms with Crippen molar-refractivity contribution in [3.05, 3.63) is 29.8 Å². The van der Waals surface area contributed by atoms with Crippen LogP contribution < -0.4 is 0 Å². The maximum atomic E-state index is 12.2. The van der Waals surface area contributed by atoms with E-state index in [1.165, 1.54) is 0 Å². The van der Waals surface area contributed by atoms with E-state index in [-0.39, 0.29) is 5.88 Å². The van der Waals surface area contributed by atoms with E-state index in [4.69, 9.17) is 16.9 Å². The first-order chi connectivity index (χ1) is 8.24. The summed E-state index contributed by atoms with van der Waals surface area (Å²) >= 11 is 5.48. The van der Waals surface area contributed by atoms with Crippen molar-refractivity contribution in [2.75, 3.05) is 5.88 Å². The second-order valence-corrected chi connectivity index (χ2v) is 5.60. The summed E-state index contributed by atoms with van der Waals surface area (Å²) in [4.78, 5) is -0.856. The molecular formula is C10H7ClF3NO2S. The summed E-state index contributed by atoms with van der Waals surface area (Å²) in [5, 5.41) is 8.71. The highest BCUT2D eigenvalue weighted by molar-refractivity contribution is 7.92. The van der Waals surface area contributed by atoms with Gasteiger partial charge in [-0.05, 0) is 17.7 Å². The highest BCUT2D eigenvalue weighted by Gasteiger charge is 2.46. The zero-order valence-electron chi connectivity index (χ0n) is 8.78. The van der Waals surface area contributed by atoms with E-state index < -0.39 is 26.2 Å². The van der Waals surface area contributed by atoms with Gasteiger partial charge in [-0.25, -0.2) is 8.42 Å². The molecule has 0 heterocycles. The zero-order chi connectivity index (χ0) is 14.0. The van der Waals surface area contributed by atoms with Crippen molar-refractivity contribution in [2.45, 2.75) is 16.3 Å². The largest absolute Gasteiger partial charge is 0.501 e. The van der Waals surface area contributed by atoms with Gasteiger partial charge in [-0.3, -0.25) is 0 Å². The van der Waals surface area contributed by atoms with Crippen molar-refractivity contribution >= 4 is 21.4 Å². The lowest BCUT2D eigenvalue weighted by Crippen LogP contribution is -2.23. The fourth-order valence-electron chi connectivity index (χ4n) is 1.21. The molecular weight excluding hydrogens is 291 g/mol. The van der Waals surface area contributed by atoms with Crippen LogP contribution >= 0.6 is 11.6 Å². The summed E-state index contributed by atoms with van der Waals surface area (Å²) in [7, 11) is -5.35. The van der Waals surface area contributed by atoms with Crippen LogP contribution in [0.5, 0.6) is 0 Å². The summed E-state index contributed by atoms with van der Waals surface area (Å²) < 4.78 is 58.9. The summed E-state index contributed by atoms with van der Waals surface area (Å²) in [5.74, 6) is -0.712. The smallest absolute Gasteiger partial charge is 0.214 e. The van der Waals surface area contributed by atoms with Gasteiger partial charge in [0.1, 0.15) is 0 Å². The average molecular weight is 298 g/mol. The van der Waals surface area contributed by atoms with Gasteiger partial charge in [0.25, 0.3) is 9.84 Å². The second kappa shape index (κ2) is 5.16. The Hall–Kier alpha value is -1.26. The quantitative estimate of drug-likeness (QED) is 0.806. The van der Waals surface area contributed by atoms with Gasteiger partial charge >= 0.3 is 5.51 Å². The molecule has 18 heavy (non-hydrogen) atoms. The van der Waals surface area contributed by atoms with Crippen LogP contribution in [-0.2, 0) is 9.84 Å². The van der Waals surface area contributed by atoms with Crippen molar-refractivity contribution < 1.29 is 21.6 Å². The summed E-state index contributed by atoms with van der Waals surface area (Å²) in [6, 6.07) is 5.78. The van der Waals surface area contributed by atoms with Gasteiger partial charge in [-0.15, -0.1) is 11.6 Å². The molecule has 0 saturated heterocycles. The molecule has 98 valence electrons. The van der Waals surface area contributed by atoms with Crippen molar-refractivity contribution in [3.8, 4) is 6.07 Å². The minimum Gasteiger partial charge on any atom is -0.214 e. The van der Waals surface area contributed by atoms with Gasteiger partial charge in [0.05, 0.1) is 16.9 Å². The molecule has 0 N–H and O–H groups in total. The van der Waals surface area contributed by atoms with Crippen molar-refractivity contribution in [1.29, 1.82) is 5.26 Å². The second-order valence-electron chi connectivity index (χ2n) is 3.35. The van der Waals surface area contributed by atoms with Gasteiger partial charge in [0.15, 0.2) is 0 Å². The first kappa shape index (κ1) is 14.8. The Balaban J connectivity index is 3.16. The number of benzene rings is 1. The third-order valence-electron chi connectivity index (χ3n) is 2.21. The third-order valence-corrected chi connectivity index (χ3v) is 4.02. The summed E-state index contributed by atoms with van der Waals surface area (Å²) in [5.41, 5.74) is -4.97. The lowest BCUT2D eigenvalue weighted by Gasteiger charge is -2.09. The molecule has 1 unspecified atom stereocenters. The first-order valence-electron chi connectivity index (χ1n) is 4.61. The molecule has 0 amide bonds. The zero-order valence-corrected chi connectivity index (χ0v) is 10.4. The van der Waals surface area contributed by atoms with Crippen LogP contribution in [-0.4, -0.2) is 19.8 Å². The lowest BCUT2D eigenvalue weighted by atomic mass is 10.0. The molecule has 3 nitrogen and oxygen atoms in total. The van der Waals surface area contributed by atoms with E-state index in [9.17, 15) is 21.6 Å². The first-order valence-corrected chi connectivity index (χ1v) is 6.62. The monoisotopic (exact) mass is 297 g/mol. The molecule has 0 fully saturated rings. The van der Waals surface area contributed by atoms with Gasteiger partial charge in [0.2, 0.25) is 0 Å². The number of hydrogen-bond donors (Lipinski definition) is 0. The number of rotatable bonds is 3. The number of nitrogens with zero attached hydrogens (tertiary/aromatic N) is 1. The van der Waals surface area contributed by atoms with Crippen LogP contribution in [0.25, 0.3) is 0 Å². The molecule has 1 aromatic rings. The van der Waals surface area contributed by atoms with E-state index in [1.54, 1.807) is 0 Å². The SMILES string of the molecule is N#CC(CCl)c1ccc(S(=O)(=O)C(F)(F)F)cc1. The predicted molar refractivity (Wildman–Crippen MR) is 58.8 cm³/mol. The van der Waals surface area contributed by atoms with E-state index in [2.05, 4.69) is 0 Å². The van der Waals surface area contributed by atoms with E-state index in [1.807, 2.05) is 6.07 Å². The van der Waals surface area contributed by atoms with Crippen LogP contribution in [0.4, 0.5) is 13.2 Å². The molecule has 0 bridgehead atoms. The molecule has 1 rings (SSSR count). The van der Waals surface area contributed by atoms with E-state index in [0.717, 1.165) is 24.3 Å². The minimum atomic E-state index is -5.35. The molecule has 0 radical (unpaired) electrons. The molecule has 1 atom stereocenters. The standard InChI is InChI=1S/C10H7ClF3NO2S/c11-5-8(6-15)7-1-3-9(4-2-7)18(16,17)10(12,13)14/h1-4,8H,5H2. The van der Waals surface area contributed by atoms with Crippen molar-refractivity contribution in [1.82, 2.24) is 0 Å². The Kier molecular flexibility index (Phi) is 4.24. The maximum Gasteiger partial charge on any atom is 0.501 e. The normalized spacial score (nSPS) is 13.9. The molecule has 1 aromatic carbocycles. The molecule has 0 aliphatic heterocycles. The molecule has 0 spiro atoms. The average Bonchev–Trinajstić information content (AvgIpc) is 2.30. The van der Waals surface area contributed by atoms with Crippen LogP contribution in [0.15, 0.2) is 29.2 Å².